The number of rotatable bonds is 6. The SMILES string of the molecule is CC(C)(C)OC(=O)N1C2CCC1CC(C(=O)CCCCCF)C2. The first-order valence-electron chi connectivity index (χ1n) is 8.92. The van der Waals surface area contributed by atoms with Gasteiger partial charge in [0.15, 0.2) is 0 Å². The van der Waals surface area contributed by atoms with E-state index in [2.05, 4.69) is 0 Å². The number of nitrogens with zero attached hydrogens (tertiary/aromatic N) is 1. The average molecular weight is 327 g/mol. The molecule has 23 heavy (non-hydrogen) atoms. The molecule has 0 aliphatic carbocycles. The molecule has 0 spiro atoms. The van der Waals surface area contributed by atoms with E-state index in [1.165, 1.54) is 0 Å². The van der Waals surface area contributed by atoms with Crippen LogP contribution in [-0.4, -0.2) is 41.1 Å². The number of hydrogen-bond acceptors (Lipinski definition) is 3. The summed E-state index contributed by atoms with van der Waals surface area (Å²) >= 11 is 0. The molecule has 2 atom stereocenters. The first-order chi connectivity index (χ1) is 10.8. The molecule has 2 aliphatic rings. The molecule has 0 aromatic rings. The Morgan fingerprint density at radius 3 is 2.22 bits per heavy atom. The predicted octanol–water partition coefficient (Wildman–Crippen LogP) is 4.26. The molecule has 0 N–H and O–H groups in total. The summed E-state index contributed by atoms with van der Waals surface area (Å²) in [6.45, 7) is 5.33. The van der Waals surface area contributed by atoms with Crippen LogP contribution >= 0.6 is 0 Å². The second-order valence-corrected chi connectivity index (χ2v) is 7.91. The summed E-state index contributed by atoms with van der Waals surface area (Å²) in [5.74, 6) is 0.362. The van der Waals surface area contributed by atoms with Crippen molar-refractivity contribution in [2.75, 3.05) is 6.67 Å². The van der Waals surface area contributed by atoms with Crippen LogP contribution in [0.1, 0.15) is 72.1 Å². The van der Waals surface area contributed by atoms with E-state index < -0.39 is 5.60 Å². The maximum absolute atomic E-state index is 12.4. The Morgan fingerprint density at radius 1 is 1.09 bits per heavy atom. The first kappa shape index (κ1) is 18.2. The van der Waals surface area contributed by atoms with Gasteiger partial charge in [0.25, 0.3) is 0 Å². The number of halogens is 1. The molecule has 2 bridgehead atoms. The summed E-state index contributed by atoms with van der Waals surface area (Å²) < 4.78 is 17.6. The molecule has 0 aromatic heterocycles. The van der Waals surface area contributed by atoms with Gasteiger partial charge in [-0.1, -0.05) is 6.42 Å². The lowest BCUT2D eigenvalue weighted by Crippen LogP contribution is -2.49. The summed E-state index contributed by atoms with van der Waals surface area (Å²) in [4.78, 5) is 26.6. The van der Waals surface area contributed by atoms with Crippen molar-refractivity contribution in [2.45, 2.75) is 89.8 Å². The summed E-state index contributed by atoms with van der Waals surface area (Å²) in [6, 6.07) is 0.284. The van der Waals surface area contributed by atoms with E-state index in [0.29, 0.717) is 18.6 Å². The Bertz CT molecular complexity index is 418. The molecule has 5 heteroatoms. The fourth-order valence-corrected chi connectivity index (χ4v) is 3.83. The van der Waals surface area contributed by atoms with E-state index in [1.807, 2.05) is 25.7 Å². The number of alkyl halides is 1. The minimum Gasteiger partial charge on any atom is -0.444 e. The van der Waals surface area contributed by atoms with Gasteiger partial charge in [-0.3, -0.25) is 9.18 Å². The highest BCUT2D eigenvalue weighted by Crippen LogP contribution is 2.40. The van der Waals surface area contributed by atoms with Crippen molar-refractivity contribution in [2.24, 2.45) is 5.92 Å². The number of amides is 1. The van der Waals surface area contributed by atoms with Gasteiger partial charge in [0.2, 0.25) is 0 Å². The Kier molecular flexibility index (Phi) is 6.04. The maximum Gasteiger partial charge on any atom is 0.410 e. The van der Waals surface area contributed by atoms with Gasteiger partial charge in [-0.25, -0.2) is 4.79 Å². The molecule has 1 amide bonds. The summed E-state index contributed by atoms with van der Waals surface area (Å²) in [5, 5.41) is 0. The summed E-state index contributed by atoms with van der Waals surface area (Å²) in [5.41, 5.74) is -0.486. The molecule has 2 heterocycles. The second-order valence-electron chi connectivity index (χ2n) is 7.91. The zero-order valence-electron chi connectivity index (χ0n) is 14.6. The monoisotopic (exact) mass is 327 g/mol. The van der Waals surface area contributed by atoms with Crippen molar-refractivity contribution in [1.29, 1.82) is 0 Å². The Balaban J connectivity index is 1.86. The lowest BCUT2D eigenvalue weighted by atomic mass is 9.85. The third-order valence-electron chi connectivity index (χ3n) is 4.85. The van der Waals surface area contributed by atoms with Gasteiger partial charge in [0, 0.05) is 24.4 Å². The third kappa shape index (κ3) is 4.92. The topological polar surface area (TPSA) is 46.6 Å². The highest BCUT2D eigenvalue weighted by molar-refractivity contribution is 5.81. The Labute approximate surface area is 138 Å². The quantitative estimate of drug-likeness (QED) is 0.685. The van der Waals surface area contributed by atoms with Gasteiger partial charge in [-0.05, 0) is 59.3 Å². The lowest BCUT2D eigenvalue weighted by Gasteiger charge is -2.39. The number of piperidine rings is 1. The molecule has 2 saturated heterocycles. The zero-order chi connectivity index (χ0) is 17.0. The second kappa shape index (κ2) is 7.63. The van der Waals surface area contributed by atoms with Crippen molar-refractivity contribution < 1.29 is 18.7 Å². The fourth-order valence-electron chi connectivity index (χ4n) is 3.83. The van der Waals surface area contributed by atoms with Crippen LogP contribution < -0.4 is 0 Å². The molecule has 0 radical (unpaired) electrons. The molecule has 2 rings (SSSR count). The van der Waals surface area contributed by atoms with Crippen LogP contribution in [0.15, 0.2) is 0 Å². The van der Waals surface area contributed by atoms with E-state index in [0.717, 1.165) is 38.5 Å². The highest BCUT2D eigenvalue weighted by Gasteiger charge is 2.46. The van der Waals surface area contributed by atoms with Crippen molar-refractivity contribution in [3.63, 3.8) is 0 Å². The van der Waals surface area contributed by atoms with Gasteiger partial charge in [-0.2, -0.15) is 0 Å². The maximum atomic E-state index is 12.4. The predicted molar refractivity (Wildman–Crippen MR) is 87.1 cm³/mol. The van der Waals surface area contributed by atoms with Crippen LogP contribution in [0.2, 0.25) is 0 Å². The fraction of sp³-hybridized carbons (Fsp3) is 0.889. The molecular formula is C18H30FNO3. The van der Waals surface area contributed by atoms with Crippen molar-refractivity contribution in [1.82, 2.24) is 4.90 Å². The largest absolute Gasteiger partial charge is 0.444 e. The minimum absolute atomic E-state index is 0.0663. The van der Waals surface area contributed by atoms with Crippen LogP contribution in [0.4, 0.5) is 9.18 Å². The average Bonchev–Trinajstić information content (AvgIpc) is 2.72. The van der Waals surface area contributed by atoms with E-state index in [1.54, 1.807) is 0 Å². The van der Waals surface area contributed by atoms with E-state index in [9.17, 15) is 14.0 Å². The standard InChI is InChI=1S/C18H30FNO3/c1-18(2,3)23-17(22)20-14-8-9-15(20)12-13(11-14)16(21)7-5-4-6-10-19/h13-15H,4-12H2,1-3H3. The first-order valence-corrected chi connectivity index (χ1v) is 8.92. The van der Waals surface area contributed by atoms with Crippen LogP contribution in [0.3, 0.4) is 0 Å². The molecule has 0 aromatic carbocycles. The summed E-state index contributed by atoms with van der Waals surface area (Å²) in [6.07, 6.45) is 5.89. The van der Waals surface area contributed by atoms with Crippen LogP contribution in [0, 0.1) is 5.92 Å². The Morgan fingerprint density at radius 2 is 1.70 bits per heavy atom. The molecule has 2 unspecified atom stereocenters. The molecular weight excluding hydrogens is 297 g/mol. The number of hydrogen-bond donors (Lipinski definition) is 0. The number of Topliss-reactive ketones (excluding diaryl/α,β-unsaturated/α-hetero) is 1. The van der Waals surface area contributed by atoms with Crippen molar-refractivity contribution >= 4 is 11.9 Å². The van der Waals surface area contributed by atoms with Gasteiger partial charge in [0.05, 0.1) is 6.67 Å². The number of ketones is 1. The molecule has 0 saturated carbocycles. The number of ether oxygens (including phenoxy) is 1. The van der Waals surface area contributed by atoms with Gasteiger partial charge >= 0.3 is 6.09 Å². The van der Waals surface area contributed by atoms with Gasteiger partial charge in [-0.15, -0.1) is 0 Å². The van der Waals surface area contributed by atoms with Crippen molar-refractivity contribution in [3.8, 4) is 0 Å². The lowest BCUT2D eigenvalue weighted by molar-refractivity contribution is -0.125. The molecule has 2 aliphatic heterocycles. The van der Waals surface area contributed by atoms with E-state index in [4.69, 9.17) is 4.74 Å². The van der Waals surface area contributed by atoms with Crippen LogP contribution in [0.5, 0.6) is 0 Å². The molecule has 132 valence electrons. The zero-order valence-corrected chi connectivity index (χ0v) is 14.6. The number of carbonyl (C=O) groups is 2. The van der Waals surface area contributed by atoms with Crippen molar-refractivity contribution in [3.05, 3.63) is 0 Å². The normalized spacial score (nSPS) is 27.1. The number of carbonyl (C=O) groups excluding carboxylic acids is 2. The number of unbranched alkanes of at least 4 members (excludes halogenated alkanes) is 2. The van der Waals surface area contributed by atoms with Crippen LogP contribution in [0.25, 0.3) is 0 Å². The smallest absolute Gasteiger partial charge is 0.410 e. The van der Waals surface area contributed by atoms with E-state index >= 15 is 0 Å². The Hall–Kier alpha value is -1.13. The highest BCUT2D eigenvalue weighted by atomic mass is 19.1. The van der Waals surface area contributed by atoms with Crippen LogP contribution in [-0.2, 0) is 9.53 Å². The van der Waals surface area contributed by atoms with Gasteiger partial charge < -0.3 is 9.64 Å². The number of fused-ring (bicyclic) bond motifs is 2. The third-order valence-corrected chi connectivity index (χ3v) is 4.85. The van der Waals surface area contributed by atoms with Gasteiger partial charge in [0.1, 0.15) is 11.4 Å². The summed E-state index contributed by atoms with van der Waals surface area (Å²) in [7, 11) is 0. The molecule has 4 nitrogen and oxygen atoms in total. The molecule has 2 fully saturated rings. The minimum atomic E-state index is -0.486. The van der Waals surface area contributed by atoms with E-state index in [-0.39, 0.29) is 30.8 Å².